The topological polar surface area (TPSA) is 91.3 Å². The van der Waals surface area contributed by atoms with Crippen LogP contribution in [-0.2, 0) is 14.3 Å². The summed E-state index contributed by atoms with van der Waals surface area (Å²) >= 11 is 6.34. The van der Waals surface area contributed by atoms with Crippen molar-refractivity contribution in [2.45, 2.75) is 85.0 Å². The Hall–Kier alpha value is -1.63. The van der Waals surface area contributed by atoms with E-state index < -0.39 is 17.3 Å². The van der Waals surface area contributed by atoms with Gasteiger partial charge in [0, 0.05) is 6.04 Å². The van der Waals surface area contributed by atoms with Crippen LogP contribution in [0.2, 0.25) is 0 Å². The number of ether oxygens (including phenoxy) is 1. The van der Waals surface area contributed by atoms with E-state index in [2.05, 4.69) is 31.1 Å². The second-order valence-electron chi connectivity index (χ2n) is 10.4. The first-order valence-corrected chi connectivity index (χ1v) is 10.2. The fourth-order valence-corrected chi connectivity index (χ4v) is 5.24. The smallest absolute Gasteiger partial charge is 0.409 e. The van der Waals surface area contributed by atoms with Crippen molar-refractivity contribution in [1.82, 2.24) is 14.6 Å². The second kappa shape index (κ2) is 7.89. The Morgan fingerprint density at radius 1 is 1.24 bits per heavy atom. The van der Waals surface area contributed by atoms with E-state index in [9.17, 15) is 14.4 Å². The van der Waals surface area contributed by atoms with Gasteiger partial charge in [0.05, 0.1) is 6.54 Å². The zero-order chi connectivity index (χ0) is 22.3. The van der Waals surface area contributed by atoms with Crippen LogP contribution in [0, 0.1) is 10.8 Å². The molecule has 2 unspecified atom stereocenters. The van der Waals surface area contributed by atoms with E-state index in [1.807, 2.05) is 0 Å². The van der Waals surface area contributed by atoms with Gasteiger partial charge in [0.15, 0.2) is 6.73 Å². The normalized spacial score (nSPS) is 30.6. The maximum Gasteiger partial charge on any atom is 0.409 e. The molecule has 2 amide bonds. The van der Waals surface area contributed by atoms with Gasteiger partial charge >= 0.3 is 6.09 Å². The van der Waals surface area contributed by atoms with Gasteiger partial charge < -0.3 is 10.1 Å². The van der Waals surface area contributed by atoms with Crippen molar-refractivity contribution in [2.24, 2.45) is 15.8 Å². The van der Waals surface area contributed by atoms with Crippen molar-refractivity contribution in [3.63, 3.8) is 0 Å². The van der Waals surface area contributed by atoms with Gasteiger partial charge in [0.25, 0.3) is 0 Å². The first-order chi connectivity index (χ1) is 13.1. The summed E-state index contributed by atoms with van der Waals surface area (Å²) in [5, 5.41) is 2.92. The lowest BCUT2D eigenvalue weighted by Crippen LogP contribution is -2.50. The first kappa shape index (κ1) is 23.6. The molecule has 2 aliphatic rings. The van der Waals surface area contributed by atoms with E-state index in [-0.39, 0.29) is 29.5 Å². The first-order valence-electron chi connectivity index (χ1n) is 9.90. The number of halogens is 1. The number of alkyl carbamates (subject to hydrolysis) is 1. The molecule has 2 atom stereocenters. The maximum atomic E-state index is 12.7. The third kappa shape index (κ3) is 4.93. The molecule has 1 N–H and O–H groups in total. The predicted molar refractivity (Wildman–Crippen MR) is 110 cm³/mol. The van der Waals surface area contributed by atoms with Crippen LogP contribution in [0.3, 0.4) is 0 Å². The van der Waals surface area contributed by atoms with Crippen molar-refractivity contribution in [2.75, 3.05) is 13.3 Å². The summed E-state index contributed by atoms with van der Waals surface area (Å²) in [6.45, 7) is 13.6. The average molecular weight is 429 g/mol. The van der Waals surface area contributed by atoms with Crippen molar-refractivity contribution < 1.29 is 19.1 Å². The number of carbonyl (C=O) groups is 2. The molecule has 0 aromatic rings. The van der Waals surface area contributed by atoms with E-state index in [0.29, 0.717) is 13.0 Å². The summed E-state index contributed by atoms with van der Waals surface area (Å²) in [5.41, 5.74) is -1.90. The van der Waals surface area contributed by atoms with Gasteiger partial charge in [-0.15, -0.1) is 0 Å². The van der Waals surface area contributed by atoms with Crippen LogP contribution < -0.4 is 5.32 Å². The molecule has 1 aliphatic heterocycles. The third-order valence-electron chi connectivity index (χ3n) is 6.02. The Morgan fingerprint density at radius 3 is 2.38 bits per heavy atom. The molecule has 2 fully saturated rings. The Morgan fingerprint density at radius 2 is 1.86 bits per heavy atom. The van der Waals surface area contributed by atoms with Gasteiger partial charge in [-0.2, -0.15) is 4.42 Å². The van der Waals surface area contributed by atoms with E-state index in [1.165, 1.54) is 9.32 Å². The Balaban J connectivity index is 2.00. The molecule has 1 saturated heterocycles. The fraction of sp³-hybridized carbons (Fsp3) is 0.850. The van der Waals surface area contributed by atoms with Gasteiger partial charge in [-0.05, 0) is 69.6 Å². The fourth-order valence-electron chi connectivity index (χ4n) is 5.08. The molecule has 0 aromatic heterocycles. The lowest BCUT2D eigenvalue weighted by molar-refractivity contribution is -0.137. The highest BCUT2D eigenvalue weighted by Gasteiger charge is 2.56. The molecule has 8 nitrogen and oxygen atoms in total. The molecular formula is C20H33ClN4O4. The zero-order valence-corrected chi connectivity index (χ0v) is 19.2. The van der Waals surface area contributed by atoms with Crippen LogP contribution in [0.1, 0.15) is 67.7 Å². The highest BCUT2D eigenvalue weighted by molar-refractivity contribution is 6.17. The quantitative estimate of drug-likeness (QED) is 0.411. The number of isocyanates is 1. The van der Waals surface area contributed by atoms with Crippen LogP contribution in [0.5, 0.6) is 0 Å². The van der Waals surface area contributed by atoms with Crippen LogP contribution in [-0.4, -0.2) is 57.9 Å². The highest BCUT2D eigenvalue weighted by atomic mass is 35.5. The molecule has 0 spiro atoms. The van der Waals surface area contributed by atoms with Crippen LogP contribution in [0.25, 0.3) is 0 Å². The van der Waals surface area contributed by atoms with Gasteiger partial charge in [-0.1, -0.05) is 20.8 Å². The molecule has 29 heavy (non-hydrogen) atoms. The summed E-state index contributed by atoms with van der Waals surface area (Å²) in [6.07, 6.45) is 3.40. The molecule has 0 aromatic carbocycles. The van der Waals surface area contributed by atoms with Gasteiger partial charge in [-0.3, -0.25) is 9.69 Å². The number of carbonyl (C=O) groups excluding carboxylic acids is 3. The summed E-state index contributed by atoms with van der Waals surface area (Å²) in [5.74, 6) is -0.205. The third-order valence-corrected chi connectivity index (χ3v) is 6.85. The standard InChI is InChI=1S/C20H33ClN4O4/c1-17(2)8-14(9-20(7,10-17)11-22-12-26)23-16(28)29-13-24-15(27)18(3,4)25(21)19(24,5)6/h14H,8-11,13H2,1-7H3,(H,23,28). The lowest BCUT2D eigenvalue weighted by Gasteiger charge is -2.45. The summed E-state index contributed by atoms with van der Waals surface area (Å²) < 4.78 is 6.83. The average Bonchev–Trinajstić information content (AvgIpc) is 2.67. The van der Waals surface area contributed by atoms with E-state index >= 15 is 0 Å². The SMILES string of the molecule is CC1(C)CC(NC(=O)OCN2C(=O)C(C)(C)N(Cl)C2(C)C)CC(C)(CN=C=O)C1. The number of hydrogen-bond acceptors (Lipinski definition) is 6. The van der Waals surface area contributed by atoms with Crippen LogP contribution >= 0.6 is 11.8 Å². The predicted octanol–water partition coefficient (Wildman–Crippen LogP) is 3.40. The largest absolute Gasteiger partial charge is 0.428 e. The highest BCUT2D eigenvalue weighted by Crippen LogP contribution is 2.46. The minimum absolute atomic E-state index is 0.0145. The molecule has 0 bridgehead atoms. The monoisotopic (exact) mass is 428 g/mol. The molecule has 1 aliphatic carbocycles. The minimum Gasteiger partial charge on any atom is -0.428 e. The Labute approximate surface area is 178 Å². The number of hydrogen-bond donors (Lipinski definition) is 1. The van der Waals surface area contributed by atoms with Crippen molar-refractivity contribution >= 4 is 29.9 Å². The minimum atomic E-state index is -0.890. The Bertz CT molecular complexity index is 717. The molecule has 9 heteroatoms. The number of amides is 2. The summed E-state index contributed by atoms with van der Waals surface area (Å²) in [7, 11) is 0. The number of rotatable bonds is 5. The molecule has 1 heterocycles. The molecule has 1 saturated carbocycles. The van der Waals surface area contributed by atoms with Crippen LogP contribution in [0.4, 0.5) is 4.79 Å². The summed E-state index contributed by atoms with van der Waals surface area (Å²) in [4.78, 5) is 40.9. The van der Waals surface area contributed by atoms with E-state index in [1.54, 1.807) is 33.8 Å². The van der Waals surface area contributed by atoms with Crippen molar-refractivity contribution in [3.05, 3.63) is 0 Å². The van der Waals surface area contributed by atoms with Gasteiger partial charge in [0.1, 0.15) is 11.2 Å². The molecule has 0 radical (unpaired) electrons. The number of nitrogens with zero attached hydrogens (tertiary/aromatic N) is 3. The van der Waals surface area contributed by atoms with Crippen molar-refractivity contribution in [3.8, 4) is 0 Å². The molecular weight excluding hydrogens is 396 g/mol. The molecule has 164 valence electrons. The molecule has 2 rings (SSSR count). The van der Waals surface area contributed by atoms with Crippen LogP contribution in [0.15, 0.2) is 4.99 Å². The zero-order valence-electron chi connectivity index (χ0n) is 18.5. The number of aliphatic imine (C=N–C) groups is 1. The second-order valence-corrected chi connectivity index (χ2v) is 10.8. The Kier molecular flexibility index (Phi) is 6.44. The van der Waals surface area contributed by atoms with Gasteiger partial charge in [-0.25, -0.2) is 14.6 Å². The van der Waals surface area contributed by atoms with E-state index in [4.69, 9.17) is 16.5 Å². The van der Waals surface area contributed by atoms with E-state index in [0.717, 1.165) is 12.8 Å². The maximum absolute atomic E-state index is 12.7. The lowest BCUT2D eigenvalue weighted by atomic mass is 9.62. The van der Waals surface area contributed by atoms with Crippen molar-refractivity contribution in [1.29, 1.82) is 0 Å². The number of nitrogens with one attached hydrogen (secondary N) is 1. The summed E-state index contributed by atoms with van der Waals surface area (Å²) in [6, 6.07) is -0.110. The van der Waals surface area contributed by atoms with Gasteiger partial charge in [0.2, 0.25) is 12.0 Å².